The first kappa shape index (κ1) is 17.7. The zero-order chi connectivity index (χ0) is 18.4. The highest BCUT2D eigenvalue weighted by molar-refractivity contribution is 5.93. The number of benzene rings is 2. The minimum absolute atomic E-state index is 0.662. The molecule has 2 N–H and O–H groups in total. The highest BCUT2D eigenvalue weighted by Gasteiger charge is 2.07. The van der Waals surface area contributed by atoms with Crippen LogP contribution in [0.2, 0.25) is 0 Å². The fourth-order valence-corrected chi connectivity index (χ4v) is 2.69. The molecule has 26 heavy (non-hydrogen) atoms. The summed E-state index contributed by atoms with van der Waals surface area (Å²) >= 11 is 0. The molecule has 0 saturated carbocycles. The van der Waals surface area contributed by atoms with Crippen LogP contribution in [0.4, 0.5) is 5.69 Å². The van der Waals surface area contributed by atoms with Crippen LogP contribution in [-0.4, -0.2) is 33.8 Å². The third-order valence-electron chi connectivity index (χ3n) is 4.01. The number of furan rings is 1. The number of guanidine groups is 1. The predicted molar refractivity (Wildman–Crippen MR) is 104 cm³/mol. The van der Waals surface area contributed by atoms with Crippen molar-refractivity contribution in [2.75, 3.05) is 33.1 Å². The van der Waals surface area contributed by atoms with Crippen molar-refractivity contribution >= 4 is 22.6 Å². The van der Waals surface area contributed by atoms with E-state index in [1.165, 1.54) is 0 Å². The molecule has 0 radical (unpaired) electrons. The van der Waals surface area contributed by atoms with Crippen molar-refractivity contribution in [2.45, 2.75) is 6.42 Å². The maximum atomic E-state index is 5.83. The maximum Gasteiger partial charge on any atom is 0.195 e. The summed E-state index contributed by atoms with van der Waals surface area (Å²) in [5, 5.41) is 7.64. The lowest BCUT2D eigenvalue weighted by molar-refractivity contribution is 0.355. The molecule has 1 heterocycles. The molecule has 0 spiro atoms. The van der Waals surface area contributed by atoms with Crippen molar-refractivity contribution in [3.63, 3.8) is 0 Å². The van der Waals surface area contributed by atoms with Gasteiger partial charge in [0.1, 0.15) is 11.3 Å². The molecule has 0 fully saturated rings. The molecule has 0 atom stereocenters. The summed E-state index contributed by atoms with van der Waals surface area (Å²) in [5.74, 6) is 2.97. The Labute approximate surface area is 152 Å². The highest BCUT2D eigenvalue weighted by Crippen LogP contribution is 2.29. The second kappa shape index (κ2) is 8.29. The Kier molecular flexibility index (Phi) is 5.63. The van der Waals surface area contributed by atoms with Crippen LogP contribution < -0.4 is 20.1 Å². The van der Waals surface area contributed by atoms with Crippen LogP contribution in [0.5, 0.6) is 11.5 Å². The van der Waals surface area contributed by atoms with Gasteiger partial charge in [-0.15, -0.1) is 0 Å². The summed E-state index contributed by atoms with van der Waals surface area (Å²) in [6, 6.07) is 15.7. The molecule has 1 aromatic heterocycles. The minimum atomic E-state index is 0.662. The summed E-state index contributed by atoms with van der Waals surface area (Å²) in [6.45, 7) is 0.701. The normalized spacial score (nSPS) is 11.4. The molecule has 3 aromatic rings. The maximum absolute atomic E-state index is 5.83. The van der Waals surface area contributed by atoms with Crippen molar-refractivity contribution in [1.82, 2.24) is 5.32 Å². The number of hydrogen-bond donors (Lipinski definition) is 2. The predicted octanol–water partition coefficient (Wildman–Crippen LogP) is 3.68. The van der Waals surface area contributed by atoms with E-state index >= 15 is 0 Å². The lowest BCUT2D eigenvalue weighted by Gasteiger charge is -2.13. The molecule has 0 bridgehead atoms. The topological polar surface area (TPSA) is 68.0 Å². The number of fused-ring (bicyclic) bond motifs is 1. The second-order valence-electron chi connectivity index (χ2n) is 5.69. The van der Waals surface area contributed by atoms with Gasteiger partial charge in [-0.3, -0.25) is 4.99 Å². The number of rotatable bonds is 6. The Morgan fingerprint density at radius 1 is 1.04 bits per heavy atom. The third-order valence-corrected chi connectivity index (χ3v) is 4.01. The zero-order valence-corrected chi connectivity index (χ0v) is 15.2. The van der Waals surface area contributed by atoms with E-state index in [1.54, 1.807) is 21.3 Å². The molecule has 136 valence electrons. The van der Waals surface area contributed by atoms with E-state index in [4.69, 9.17) is 13.9 Å². The van der Waals surface area contributed by atoms with Gasteiger partial charge in [-0.2, -0.15) is 0 Å². The van der Waals surface area contributed by atoms with Crippen LogP contribution in [0, 0.1) is 0 Å². The van der Waals surface area contributed by atoms with Gasteiger partial charge < -0.3 is 24.5 Å². The molecular weight excluding hydrogens is 330 g/mol. The standard InChI is InChI=1S/C20H23N3O3/c1-21-20(23-15-8-9-18(24-2)19(13-15)25-3)22-11-10-16-12-14-6-4-5-7-17(14)26-16/h4-9,12-13H,10-11H2,1-3H3,(H2,21,22,23). The summed E-state index contributed by atoms with van der Waals surface area (Å²) in [7, 11) is 4.96. The number of nitrogens with zero attached hydrogens (tertiary/aromatic N) is 1. The van der Waals surface area contributed by atoms with E-state index in [0.29, 0.717) is 24.0 Å². The van der Waals surface area contributed by atoms with Gasteiger partial charge in [0.25, 0.3) is 0 Å². The third kappa shape index (κ3) is 4.08. The lowest BCUT2D eigenvalue weighted by Crippen LogP contribution is -2.32. The smallest absolute Gasteiger partial charge is 0.195 e. The Morgan fingerprint density at radius 3 is 2.58 bits per heavy atom. The minimum Gasteiger partial charge on any atom is -0.493 e. The monoisotopic (exact) mass is 353 g/mol. The Balaban J connectivity index is 1.58. The number of methoxy groups -OCH3 is 2. The SMILES string of the molecule is CN=C(NCCc1cc2ccccc2o1)Nc1ccc(OC)c(OC)c1. The van der Waals surface area contributed by atoms with Crippen LogP contribution in [0.1, 0.15) is 5.76 Å². The Bertz CT molecular complexity index is 869. The molecule has 0 aliphatic heterocycles. The second-order valence-corrected chi connectivity index (χ2v) is 5.69. The van der Waals surface area contributed by atoms with Crippen LogP contribution in [0.25, 0.3) is 11.0 Å². The van der Waals surface area contributed by atoms with Crippen LogP contribution >= 0.6 is 0 Å². The van der Waals surface area contributed by atoms with E-state index in [-0.39, 0.29) is 0 Å². The van der Waals surface area contributed by atoms with E-state index in [2.05, 4.69) is 21.7 Å². The summed E-state index contributed by atoms with van der Waals surface area (Å²) < 4.78 is 16.4. The highest BCUT2D eigenvalue weighted by atomic mass is 16.5. The fourth-order valence-electron chi connectivity index (χ4n) is 2.69. The van der Waals surface area contributed by atoms with Gasteiger partial charge in [-0.25, -0.2) is 0 Å². The number of ether oxygens (including phenoxy) is 2. The van der Waals surface area contributed by atoms with Gasteiger partial charge in [0.15, 0.2) is 17.5 Å². The number of para-hydroxylation sites is 1. The summed E-state index contributed by atoms with van der Waals surface area (Å²) in [6.07, 6.45) is 0.765. The van der Waals surface area contributed by atoms with Gasteiger partial charge >= 0.3 is 0 Å². The first-order valence-corrected chi connectivity index (χ1v) is 8.40. The van der Waals surface area contributed by atoms with Crippen molar-refractivity contribution in [3.05, 3.63) is 54.3 Å². The molecule has 3 rings (SSSR count). The quantitative estimate of drug-likeness (QED) is 0.523. The average Bonchev–Trinajstić information content (AvgIpc) is 3.09. The zero-order valence-electron chi connectivity index (χ0n) is 15.2. The molecule has 0 unspecified atom stereocenters. The number of anilines is 1. The number of nitrogens with one attached hydrogen (secondary N) is 2. The molecule has 0 saturated heterocycles. The summed E-state index contributed by atoms with van der Waals surface area (Å²) in [5.41, 5.74) is 1.77. The fraction of sp³-hybridized carbons (Fsp3) is 0.250. The van der Waals surface area contributed by atoms with Crippen LogP contribution in [0.3, 0.4) is 0 Å². The largest absolute Gasteiger partial charge is 0.493 e. The van der Waals surface area contributed by atoms with E-state index in [1.807, 2.05) is 42.5 Å². The Morgan fingerprint density at radius 2 is 1.85 bits per heavy atom. The molecule has 0 amide bonds. The van der Waals surface area contributed by atoms with Crippen molar-refractivity contribution in [2.24, 2.45) is 4.99 Å². The molecule has 0 aliphatic rings. The van der Waals surface area contributed by atoms with Crippen molar-refractivity contribution in [1.29, 1.82) is 0 Å². The van der Waals surface area contributed by atoms with Crippen LogP contribution in [0.15, 0.2) is 57.9 Å². The van der Waals surface area contributed by atoms with Gasteiger partial charge in [0.05, 0.1) is 14.2 Å². The summed E-state index contributed by atoms with van der Waals surface area (Å²) in [4.78, 5) is 4.25. The Hall–Kier alpha value is -3.15. The van der Waals surface area contributed by atoms with E-state index in [9.17, 15) is 0 Å². The average molecular weight is 353 g/mol. The van der Waals surface area contributed by atoms with Gasteiger partial charge in [-0.05, 0) is 24.3 Å². The number of aliphatic imine (C=N–C) groups is 1. The molecule has 6 heteroatoms. The molecule has 6 nitrogen and oxygen atoms in total. The van der Waals surface area contributed by atoms with Gasteiger partial charge in [-0.1, -0.05) is 18.2 Å². The van der Waals surface area contributed by atoms with E-state index in [0.717, 1.165) is 28.8 Å². The van der Waals surface area contributed by atoms with Crippen molar-refractivity contribution in [3.8, 4) is 11.5 Å². The first-order valence-electron chi connectivity index (χ1n) is 8.40. The van der Waals surface area contributed by atoms with Gasteiger partial charge in [0, 0.05) is 37.2 Å². The van der Waals surface area contributed by atoms with Gasteiger partial charge in [0.2, 0.25) is 0 Å². The molecule has 2 aromatic carbocycles. The molecule has 0 aliphatic carbocycles. The molecular formula is C20H23N3O3. The van der Waals surface area contributed by atoms with Crippen LogP contribution in [-0.2, 0) is 6.42 Å². The first-order chi connectivity index (χ1) is 12.7. The number of hydrogen-bond acceptors (Lipinski definition) is 4. The van der Waals surface area contributed by atoms with E-state index < -0.39 is 0 Å². The van der Waals surface area contributed by atoms with Crippen molar-refractivity contribution < 1.29 is 13.9 Å². The lowest BCUT2D eigenvalue weighted by atomic mass is 10.2.